The highest BCUT2D eigenvalue weighted by Gasteiger charge is 2.57. The van der Waals surface area contributed by atoms with E-state index in [9.17, 15) is 5.11 Å². The van der Waals surface area contributed by atoms with Gasteiger partial charge < -0.3 is 10.2 Å². The van der Waals surface area contributed by atoms with Crippen molar-refractivity contribution in [3.05, 3.63) is 11.6 Å². The quantitative estimate of drug-likeness (QED) is 0.739. The number of rotatable bonds is 4. The van der Waals surface area contributed by atoms with Crippen LogP contribution in [0.4, 0.5) is 0 Å². The van der Waals surface area contributed by atoms with Crippen LogP contribution in [0.5, 0.6) is 0 Å². The van der Waals surface area contributed by atoms with Gasteiger partial charge in [-0.2, -0.15) is 0 Å². The van der Waals surface area contributed by atoms with Gasteiger partial charge in [0.05, 0.1) is 12.2 Å². The van der Waals surface area contributed by atoms with Crippen LogP contribution in [0, 0.1) is 22.7 Å². The van der Waals surface area contributed by atoms with Gasteiger partial charge in [-0.1, -0.05) is 38.8 Å². The van der Waals surface area contributed by atoms with Gasteiger partial charge in [-0.3, -0.25) is 0 Å². The Morgan fingerprint density at radius 2 is 1.82 bits per heavy atom. The van der Waals surface area contributed by atoms with Crippen molar-refractivity contribution < 1.29 is 10.2 Å². The molecule has 2 rings (SSSR count). The molecule has 0 aliphatic heterocycles. The summed E-state index contributed by atoms with van der Waals surface area (Å²) in [6, 6.07) is 0. The van der Waals surface area contributed by atoms with Crippen LogP contribution in [0.25, 0.3) is 0 Å². The molecule has 4 atom stereocenters. The van der Waals surface area contributed by atoms with E-state index in [0.29, 0.717) is 11.3 Å². The summed E-state index contributed by atoms with van der Waals surface area (Å²) in [4.78, 5) is 0. The maximum Gasteiger partial charge on any atom is 0.0653 e. The van der Waals surface area contributed by atoms with Crippen molar-refractivity contribution in [1.82, 2.24) is 0 Å². The lowest BCUT2D eigenvalue weighted by atomic mass is 9.45. The van der Waals surface area contributed by atoms with Crippen molar-refractivity contribution in [2.24, 2.45) is 22.7 Å². The Labute approximate surface area is 137 Å². The lowest BCUT2D eigenvalue weighted by molar-refractivity contribution is -0.168. The van der Waals surface area contributed by atoms with E-state index in [4.69, 9.17) is 5.11 Å². The van der Waals surface area contributed by atoms with E-state index in [1.165, 1.54) is 31.3 Å². The van der Waals surface area contributed by atoms with Crippen molar-refractivity contribution in [3.63, 3.8) is 0 Å². The fourth-order valence-corrected chi connectivity index (χ4v) is 5.90. The minimum absolute atomic E-state index is 0.125. The third-order valence-electron chi connectivity index (χ3n) is 7.03. The zero-order valence-corrected chi connectivity index (χ0v) is 15.3. The maximum atomic E-state index is 11.1. The van der Waals surface area contributed by atoms with Gasteiger partial charge in [0.1, 0.15) is 0 Å². The molecular weight excluding hydrogens is 272 g/mol. The molecule has 0 amide bonds. The number of fused-ring (bicyclic) bond motifs is 1. The first-order chi connectivity index (χ1) is 10.1. The molecule has 128 valence electrons. The fourth-order valence-electron chi connectivity index (χ4n) is 5.90. The first-order valence-electron chi connectivity index (χ1n) is 9.12. The van der Waals surface area contributed by atoms with E-state index in [0.717, 1.165) is 25.2 Å². The second kappa shape index (κ2) is 6.28. The van der Waals surface area contributed by atoms with Crippen LogP contribution in [0.15, 0.2) is 11.6 Å². The van der Waals surface area contributed by atoms with Crippen molar-refractivity contribution >= 4 is 0 Å². The lowest BCUT2D eigenvalue weighted by Crippen LogP contribution is -2.57. The molecule has 0 heterocycles. The SMILES string of the molecule is C/C(=C\CO)CC[C@@H]1[C@@]2(C)CCCC(C)(C)[C@@H]2CC[C@]1(C)O. The van der Waals surface area contributed by atoms with E-state index < -0.39 is 5.60 Å². The molecule has 2 aliphatic carbocycles. The minimum Gasteiger partial charge on any atom is -0.392 e. The standard InChI is InChI=1S/C20H36O2/c1-15(10-14-21)7-8-17-19(4)12-6-11-18(2,3)16(19)9-13-20(17,5)22/h10,16-17,21-22H,6-9,11-14H2,1-5H3/b15-10+/t16-,17+,19-,20-/m0/s1. The molecular formula is C20H36O2. The average molecular weight is 309 g/mol. The lowest BCUT2D eigenvalue weighted by Gasteiger charge is -2.61. The summed E-state index contributed by atoms with van der Waals surface area (Å²) < 4.78 is 0. The largest absolute Gasteiger partial charge is 0.392 e. The van der Waals surface area contributed by atoms with Gasteiger partial charge in [0, 0.05) is 0 Å². The molecule has 0 radical (unpaired) electrons. The summed E-state index contributed by atoms with van der Waals surface area (Å²) in [5, 5.41) is 20.1. The highest BCUT2D eigenvalue weighted by molar-refractivity contribution is 5.09. The molecule has 2 nitrogen and oxygen atoms in total. The molecule has 0 unspecified atom stereocenters. The van der Waals surface area contributed by atoms with Crippen molar-refractivity contribution in [2.45, 2.75) is 85.2 Å². The van der Waals surface area contributed by atoms with Gasteiger partial charge in [-0.25, -0.2) is 0 Å². The molecule has 0 aromatic rings. The fraction of sp³-hybridized carbons (Fsp3) is 0.900. The van der Waals surface area contributed by atoms with Crippen molar-refractivity contribution in [3.8, 4) is 0 Å². The number of aliphatic hydroxyl groups excluding tert-OH is 1. The third kappa shape index (κ3) is 3.28. The predicted molar refractivity (Wildman–Crippen MR) is 92.7 cm³/mol. The first kappa shape index (κ1) is 18.0. The van der Waals surface area contributed by atoms with Crippen molar-refractivity contribution in [1.29, 1.82) is 0 Å². The highest BCUT2D eigenvalue weighted by atomic mass is 16.3. The predicted octanol–water partition coefficient (Wildman–Crippen LogP) is 4.70. The molecule has 0 aromatic heterocycles. The Morgan fingerprint density at radius 3 is 2.45 bits per heavy atom. The number of aliphatic hydroxyl groups is 2. The van der Waals surface area contributed by atoms with Crippen LogP contribution in [0.3, 0.4) is 0 Å². The van der Waals surface area contributed by atoms with Crippen LogP contribution < -0.4 is 0 Å². The van der Waals surface area contributed by atoms with Gasteiger partial charge in [0.15, 0.2) is 0 Å². The minimum atomic E-state index is -0.543. The molecule has 2 aliphatic rings. The molecule has 0 saturated heterocycles. The zero-order chi connectivity index (χ0) is 16.6. The average Bonchev–Trinajstić information content (AvgIpc) is 2.36. The molecule has 22 heavy (non-hydrogen) atoms. The highest BCUT2D eigenvalue weighted by Crippen LogP contribution is 2.62. The smallest absolute Gasteiger partial charge is 0.0653 e. The van der Waals surface area contributed by atoms with Gasteiger partial charge in [-0.05, 0) is 75.0 Å². The van der Waals surface area contributed by atoms with Gasteiger partial charge in [0.25, 0.3) is 0 Å². The monoisotopic (exact) mass is 308 g/mol. The number of hydrogen-bond acceptors (Lipinski definition) is 2. The van der Waals surface area contributed by atoms with E-state index in [2.05, 4.69) is 34.6 Å². The Balaban J connectivity index is 2.24. The summed E-state index contributed by atoms with van der Waals surface area (Å²) >= 11 is 0. The van der Waals surface area contributed by atoms with Gasteiger partial charge in [-0.15, -0.1) is 0 Å². The van der Waals surface area contributed by atoms with Crippen molar-refractivity contribution in [2.75, 3.05) is 6.61 Å². The second-order valence-electron chi connectivity index (χ2n) is 9.12. The molecule has 2 fully saturated rings. The molecule has 2 heteroatoms. The molecule has 0 spiro atoms. The Bertz CT molecular complexity index is 421. The Morgan fingerprint density at radius 1 is 1.14 bits per heavy atom. The summed E-state index contributed by atoms with van der Waals surface area (Å²) in [7, 11) is 0. The first-order valence-corrected chi connectivity index (χ1v) is 9.12. The second-order valence-corrected chi connectivity index (χ2v) is 9.12. The van der Waals surface area contributed by atoms with Crippen LogP contribution in [-0.2, 0) is 0 Å². The van der Waals surface area contributed by atoms with Crippen LogP contribution in [0.2, 0.25) is 0 Å². The maximum absolute atomic E-state index is 11.1. The summed E-state index contributed by atoms with van der Waals surface area (Å²) in [5.74, 6) is 1.08. The van der Waals surface area contributed by atoms with Crippen LogP contribution in [-0.4, -0.2) is 22.4 Å². The van der Waals surface area contributed by atoms with Crippen LogP contribution >= 0.6 is 0 Å². The summed E-state index contributed by atoms with van der Waals surface area (Å²) in [5.41, 5.74) is 1.36. The molecule has 2 N–H and O–H groups in total. The third-order valence-corrected chi connectivity index (χ3v) is 7.03. The molecule has 0 aromatic carbocycles. The topological polar surface area (TPSA) is 40.5 Å². The molecule has 2 saturated carbocycles. The number of allylic oxidation sites excluding steroid dienone is 1. The van der Waals surface area contributed by atoms with E-state index in [-0.39, 0.29) is 12.0 Å². The molecule has 0 bridgehead atoms. The van der Waals surface area contributed by atoms with E-state index >= 15 is 0 Å². The van der Waals surface area contributed by atoms with Crippen LogP contribution in [0.1, 0.15) is 79.6 Å². The Kier molecular flexibility index (Phi) is 5.14. The number of hydrogen-bond donors (Lipinski definition) is 2. The van der Waals surface area contributed by atoms with Gasteiger partial charge in [0.2, 0.25) is 0 Å². The van der Waals surface area contributed by atoms with Gasteiger partial charge >= 0.3 is 0 Å². The zero-order valence-electron chi connectivity index (χ0n) is 15.3. The summed E-state index contributed by atoms with van der Waals surface area (Å²) in [6.45, 7) is 11.6. The normalized spacial score (nSPS) is 42.0. The van der Waals surface area contributed by atoms with E-state index in [1.807, 2.05) is 6.08 Å². The summed E-state index contributed by atoms with van der Waals surface area (Å²) in [6.07, 6.45) is 9.90. The van der Waals surface area contributed by atoms with E-state index in [1.54, 1.807) is 0 Å². The Hall–Kier alpha value is -0.340.